The van der Waals surface area contributed by atoms with Crippen LogP contribution in [0.5, 0.6) is 0 Å². The van der Waals surface area contributed by atoms with E-state index in [1.807, 2.05) is 19.1 Å². The van der Waals surface area contributed by atoms with Crippen LogP contribution in [0.25, 0.3) is 0 Å². The van der Waals surface area contributed by atoms with Crippen molar-refractivity contribution in [3.63, 3.8) is 0 Å². The molecule has 3 nitrogen and oxygen atoms in total. The summed E-state index contributed by atoms with van der Waals surface area (Å²) in [7, 11) is 0. The van der Waals surface area contributed by atoms with E-state index in [0.29, 0.717) is 18.6 Å². The lowest BCUT2D eigenvalue weighted by atomic mass is 10.1. The highest BCUT2D eigenvalue weighted by Gasteiger charge is 2.05. The summed E-state index contributed by atoms with van der Waals surface area (Å²) in [6.07, 6.45) is 2.03. The van der Waals surface area contributed by atoms with Crippen LogP contribution in [0.2, 0.25) is 0 Å². The van der Waals surface area contributed by atoms with Crippen LogP contribution in [0.4, 0.5) is 0 Å². The number of benzene rings is 1. The maximum absolute atomic E-state index is 11.5. The van der Waals surface area contributed by atoms with Gasteiger partial charge in [0.15, 0.2) is 0 Å². The van der Waals surface area contributed by atoms with Crippen LogP contribution in [-0.2, 0) is 4.74 Å². The predicted octanol–water partition coefficient (Wildman–Crippen LogP) is 2.85. The number of nitriles is 1. The molecule has 0 radical (unpaired) electrons. The van der Waals surface area contributed by atoms with Crippen molar-refractivity contribution in [2.45, 2.75) is 26.2 Å². The number of ether oxygens (including phenoxy) is 1. The van der Waals surface area contributed by atoms with Gasteiger partial charge < -0.3 is 4.74 Å². The summed E-state index contributed by atoms with van der Waals surface area (Å²) in [5.41, 5.74) is 1.69. The van der Waals surface area contributed by atoms with E-state index in [1.165, 1.54) is 0 Å². The van der Waals surface area contributed by atoms with Gasteiger partial charge in [-0.2, -0.15) is 5.26 Å². The van der Waals surface area contributed by atoms with Gasteiger partial charge in [0.25, 0.3) is 0 Å². The third kappa shape index (κ3) is 4.14. The molecule has 0 aromatic heterocycles. The molecule has 0 aliphatic carbocycles. The highest BCUT2D eigenvalue weighted by Crippen LogP contribution is 2.05. The standard InChI is InChI=1S/C13H15NO2/c1-11-5-7-12(8-6-11)13(15)16-10-4-2-3-9-14/h5-8H,2-4,10H2,1H3. The average molecular weight is 217 g/mol. The molecule has 0 bridgehead atoms. The largest absolute Gasteiger partial charge is 0.462 e. The summed E-state index contributed by atoms with van der Waals surface area (Å²) in [6, 6.07) is 9.33. The number of carbonyl (C=O) groups excluding carboxylic acids is 1. The van der Waals surface area contributed by atoms with Gasteiger partial charge in [-0.05, 0) is 31.9 Å². The normalized spacial score (nSPS) is 9.50. The maximum atomic E-state index is 11.5. The van der Waals surface area contributed by atoms with Gasteiger partial charge in [-0.3, -0.25) is 0 Å². The molecule has 0 saturated carbocycles. The van der Waals surface area contributed by atoms with Crippen LogP contribution >= 0.6 is 0 Å². The molecule has 0 heterocycles. The number of carbonyl (C=O) groups is 1. The molecular weight excluding hydrogens is 202 g/mol. The molecule has 0 spiro atoms. The lowest BCUT2D eigenvalue weighted by Gasteiger charge is -2.03. The van der Waals surface area contributed by atoms with E-state index in [1.54, 1.807) is 12.1 Å². The Balaban J connectivity index is 2.30. The first kappa shape index (κ1) is 12.3. The third-order valence-corrected chi connectivity index (χ3v) is 2.20. The lowest BCUT2D eigenvalue weighted by Crippen LogP contribution is -2.06. The van der Waals surface area contributed by atoms with Crippen LogP contribution in [0.1, 0.15) is 35.2 Å². The second kappa shape index (κ2) is 6.62. The molecule has 0 atom stereocenters. The van der Waals surface area contributed by atoms with Gasteiger partial charge in [-0.15, -0.1) is 0 Å². The second-order valence-electron chi connectivity index (χ2n) is 3.62. The molecule has 0 aliphatic rings. The second-order valence-corrected chi connectivity index (χ2v) is 3.62. The van der Waals surface area contributed by atoms with Crippen molar-refractivity contribution in [1.82, 2.24) is 0 Å². The number of nitrogens with zero attached hydrogens (tertiary/aromatic N) is 1. The smallest absolute Gasteiger partial charge is 0.338 e. The van der Waals surface area contributed by atoms with Crippen molar-refractivity contribution < 1.29 is 9.53 Å². The topological polar surface area (TPSA) is 50.1 Å². The van der Waals surface area contributed by atoms with E-state index in [0.717, 1.165) is 18.4 Å². The molecule has 3 heteroatoms. The fourth-order valence-corrected chi connectivity index (χ4v) is 1.24. The molecular formula is C13H15NO2. The van der Waals surface area contributed by atoms with E-state index in [2.05, 4.69) is 6.07 Å². The van der Waals surface area contributed by atoms with Crippen LogP contribution in [0, 0.1) is 18.3 Å². The van der Waals surface area contributed by atoms with Gasteiger partial charge in [0.05, 0.1) is 18.2 Å². The first-order chi connectivity index (χ1) is 7.74. The van der Waals surface area contributed by atoms with Gasteiger partial charge in [0, 0.05) is 6.42 Å². The Morgan fingerprint density at radius 1 is 1.31 bits per heavy atom. The monoisotopic (exact) mass is 217 g/mol. The zero-order chi connectivity index (χ0) is 11.8. The van der Waals surface area contributed by atoms with Gasteiger partial charge in [-0.25, -0.2) is 4.79 Å². The Morgan fingerprint density at radius 3 is 2.62 bits per heavy atom. The van der Waals surface area contributed by atoms with Crippen molar-refractivity contribution in [3.8, 4) is 6.07 Å². The Hall–Kier alpha value is -1.82. The van der Waals surface area contributed by atoms with Gasteiger partial charge in [-0.1, -0.05) is 17.7 Å². The van der Waals surface area contributed by atoms with Crippen molar-refractivity contribution >= 4 is 5.97 Å². The summed E-state index contributed by atoms with van der Waals surface area (Å²) >= 11 is 0. The number of aryl methyl sites for hydroxylation is 1. The minimum absolute atomic E-state index is 0.294. The SMILES string of the molecule is Cc1ccc(C(=O)OCCCCC#N)cc1. The average Bonchev–Trinajstić information content (AvgIpc) is 2.29. The van der Waals surface area contributed by atoms with Crippen molar-refractivity contribution in [2.24, 2.45) is 0 Å². The zero-order valence-electron chi connectivity index (χ0n) is 9.40. The third-order valence-electron chi connectivity index (χ3n) is 2.20. The van der Waals surface area contributed by atoms with Crippen LogP contribution in [-0.4, -0.2) is 12.6 Å². The lowest BCUT2D eigenvalue weighted by molar-refractivity contribution is 0.0499. The maximum Gasteiger partial charge on any atom is 0.338 e. The fourth-order valence-electron chi connectivity index (χ4n) is 1.24. The van der Waals surface area contributed by atoms with E-state index in [9.17, 15) is 4.79 Å². The summed E-state index contributed by atoms with van der Waals surface area (Å²) in [5.74, 6) is -0.294. The Bertz CT molecular complexity index is 376. The molecule has 0 amide bonds. The highest BCUT2D eigenvalue weighted by molar-refractivity contribution is 5.89. The summed E-state index contributed by atoms with van der Waals surface area (Å²) in [6.45, 7) is 2.35. The van der Waals surface area contributed by atoms with E-state index >= 15 is 0 Å². The van der Waals surface area contributed by atoms with E-state index in [-0.39, 0.29) is 5.97 Å². The zero-order valence-corrected chi connectivity index (χ0v) is 9.40. The number of unbranched alkanes of at least 4 members (excludes halogenated alkanes) is 2. The van der Waals surface area contributed by atoms with Crippen molar-refractivity contribution in [2.75, 3.05) is 6.61 Å². The predicted molar refractivity (Wildman–Crippen MR) is 60.9 cm³/mol. The van der Waals surface area contributed by atoms with Crippen molar-refractivity contribution in [3.05, 3.63) is 35.4 Å². The van der Waals surface area contributed by atoms with Crippen LogP contribution in [0.3, 0.4) is 0 Å². The minimum atomic E-state index is -0.294. The van der Waals surface area contributed by atoms with E-state index < -0.39 is 0 Å². The summed E-state index contributed by atoms with van der Waals surface area (Å²) in [5, 5.41) is 8.32. The Morgan fingerprint density at radius 2 is 2.00 bits per heavy atom. The van der Waals surface area contributed by atoms with Crippen molar-refractivity contribution in [1.29, 1.82) is 5.26 Å². The Kier molecular flexibility index (Phi) is 5.07. The molecule has 1 rings (SSSR count). The summed E-state index contributed by atoms with van der Waals surface area (Å²) < 4.78 is 5.07. The number of rotatable bonds is 5. The number of hydrogen-bond donors (Lipinski definition) is 0. The summed E-state index contributed by atoms with van der Waals surface area (Å²) in [4.78, 5) is 11.5. The first-order valence-electron chi connectivity index (χ1n) is 5.35. The molecule has 0 saturated heterocycles. The van der Waals surface area contributed by atoms with Gasteiger partial charge >= 0.3 is 5.97 Å². The molecule has 1 aromatic carbocycles. The van der Waals surface area contributed by atoms with E-state index in [4.69, 9.17) is 10.00 Å². The molecule has 16 heavy (non-hydrogen) atoms. The number of hydrogen-bond acceptors (Lipinski definition) is 3. The minimum Gasteiger partial charge on any atom is -0.462 e. The van der Waals surface area contributed by atoms with Crippen LogP contribution < -0.4 is 0 Å². The number of esters is 1. The van der Waals surface area contributed by atoms with Gasteiger partial charge in [0.2, 0.25) is 0 Å². The highest BCUT2D eigenvalue weighted by atomic mass is 16.5. The fraction of sp³-hybridized carbons (Fsp3) is 0.385. The molecule has 0 unspecified atom stereocenters. The Labute approximate surface area is 95.7 Å². The molecule has 0 N–H and O–H groups in total. The first-order valence-corrected chi connectivity index (χ1v) is 5.35. The molecule has 84 valence electrons. The molecule has 1 aromatic rings. The van der Waals surface area contributed by atoms with Crippen LogP contribution in [0.15, 0.2) is 24.3 Å². The molecule has 0 fully saturated rings. The van der Waals surface area contributed by atoms with Gasteiger partial charge in [0.1, 0.15) is 0 Å². The molecule has 0 aliphatic heterocycles. The quantitative estimate of drug-likeness (QED) is 0.563.